The first kappa shape index (κ1) is 24.2. The Hall–Kier alpha value is -2.45. The summed E-state index contributed by atoms with van der Waals surface area (Å²) in [5.41, 5.74) is -0.0305. The van der Waals surface area contributed by atoms with Crippen LogP contribution in [0.25, 0.3) is 0 Å². The van der Waals surface area contributed by atoms with Crippen LogP contribution in [0.3, 0.4) is 0 Å². The Morgan fingerprint density at radius 1 is 1.19 bits per heavy atom. The van der Waals surface area contributed by atoms with Gasteiger partial charge >= 0.3 is 5.97 Å². The number of likely N-dealkylation sites (N-methyl/N-ethyl adjacent to an activating group) is 1. The van der Waals surface area contributed by atoms with E-state index in [0.29, 0.717) is 29.9 Å². The number of aliphatic hydroxyl groups is 1. The van der Waals surface area contributed by atoms with Crippen molar-refractivity contribution in [1.29, 1.82) is 0 Å². The molecule has 0 radical (unpaired) electrons. The molecule has 0 saturated carbocycles. The van der Waals surface area contributed by atoms with E-state index in [1.807, 2.05) is 19.9 Å². The predicted molar refractivity (Wildman–Crippen MR) is 123 cm³/mol. The van der Waals surface area contributed by atoms with E-state index in [2.05, 4.69) is 4.90 Å². The molecule has 7 nitrogen and oxygen atoms in total. The maximum atomic E-state index is 13.8. The molecule has 2 aromatic rings. The fourth-order valence-electron chi connectivity index (χ4n) is 4.22. The fraction of sp³-hybridized carbons (Fsp3) is 0.417. The minimum atomic E-state index is -2.00. The Morgan fingerprint density at radius 2 is 1.88 bits per heavy atom. The molecular weight excluding hydrogens is 432 g/mol. The second-order valence-corrected chi connectivity index (χ2v) is 8.04. The molecule has 3 rings (SSSR count). The predicted octanol–water partition coefficient (Wildman–Crippen LogP) is 3.20. The zero-order chi connectivity index (χ0) is 23.5. The van der Waals surface area contributed by atoms with Crippen LogP contribution >= 0.6 is 11.6 Å². The summed E-state index contributed by atoms with van der Waals surface area (Å²) in [4.78, 5) is 29.7. The van der Waals surface area contributed by atoms with E-state index in [9.17, 15) is 14.7 Å². The van der Waals surface area contributed by atoms with Gasteiger partial charge < -0.3 is 24.4 Å². The average Bonchev–Trinajstić information content (AvgIpc) is 3.02. The van der Waals surface area contributed by atoms with Gasteiger partial charge in [-0.15, -0.1) is 0 Å². The topological polar surface area (TPSA) is 79.3 Å². The van der Waals surface area contributed by atoms with Gasteiger partial charge in [0, 0.05) is 31.3 Å². The number of rotatable bonds is 9. The summed E-state index contributed by atoms with van der Waals surface area (Å²) in [5, 5.41) is 12.1. The number of halogens is 1. The van der Waals surface area contributed by atoms with E-state index in [4.69, 9.17) is 21.1 Å². The Labute approximate surface area is 193 Å². The SMILES string of the molecule is CCN(CC)CCN1C(=O)C(O)(c2ccccc2COC)c2c(Cl)cc(C(=O)OC)cc21. The van der Waals surface area contributed by atoms with Gasteiger partial charge in [0.15, 0.2) is 5.60 Å². The van der Waals surface area contributed by atoms with Crippen LogP contribution in [0, 0.1) is 0 Å². The Kier molecular flexibility index (Phi) is 7.56. The van der Waals surface area contributed by atoms with Crippen molar-refractivity contribution in [1.82, 2.24) is 4.90 Å². The molecule has 1 atom stereocenters. The number of nitrogens with zero attached hydrogens (tertiary/aromatic N) is 2. The van der Waals surface area contributed by atoms with E-state index < -0.39 is 17.5 Å². The number of hydrogen-bond acceptors (Lipinski definition) is 6. The zero-order valence-electron chi connectivity index (χ0n) is 18.9. The van der Waals surface area contributed by atoms with E-state index in [-0.39, 0.29) is 22.8 Å². The highest BCUT2D eigenvalue weighted by molar-refractivity contribution is 6.33. The van der Waals surface area contributed by atoms with Crippen molar-refractivity contribution < 1.29 is 24.2 Å². The van der Waals surface area contributed by atoms with Crippen LogP contribution in [-0.4, -0.2) is 62.3 Å². The molecule has 0 spiro atoms. The Morgan fingerprint density at radius 3 is 2.50 bits per heavy atom. The summed E-state index contributed by atoms with van der Waals surface area (Å²) in [6.45, 7) is 6.92. The molecule has 1 amide bonds. The van der Waals surface area contributed by atoms with E-state index in [1.54, 1.807) is 31.4 Å². The monoisotopic (exact) mass is 460 g/mol. The minimum Gasteiger partial charge on any atom is -0.465 e. The van der Waals surface area contributed by atoms with Crippen molar-refractivity contribution in [2.45, 2.75) is 26.1 Å². The molecule has 1 aliphatic rings. The third-order valence-corrected chi connectivity index (χ3v) is 6.24. The van der Waals surface area contributed by atoms with Crippen LogP contribution in [0.5, 0.6) is 0 Å². The molecule has 1 aliphatic heterocycles. The van der Waals surface area contributed by atoms with Crippen molar-refractivity contribution in [3.05, 3.63) is 63.7 Å². The normalized spacial score (nSPS) is 17.7. The molecule has 1 unspecified atom stereocenters. The molecule has 1 N–H and O–H groups in total. The smallest absolute Gasteiger partial charge is 0.337 e. The summed E-state index contributed by atoms with van der Waals surface area (Å²) in [5.74, 6) is -1.08. The maximum Gasteiger partial charge on any atom is 0.337 e. The van der Waals surface area contributed by atoms with Gasteiger partial charge in [0.05, 0.1) is 30.0 Å². The molecule has 32 heavy (non-hydrogen) atoms. The Bertz CT molecular complexity index is 1010. The maximum absolute atomic E-state index is 13.8. The van der Waals surface area contributed by atoms with Gasteiger partial charge in [0.1, 0.15) is 0 Å². The third-order valence-electron chi connectivity index (χ3n) is 5.94. The van der Waals surface area contributed by atoms with Gasteiger partial charge in [-0.25, -0.2) is 4.79 Å². The first-order valence-electron chi connectivity index (χ1n) is 10.6. The Balaban J connectivity index is 2.20. The number of fused-ring (bicyclic) bond motifs is 1. The second-order valence-electron chi connectivity index (χ2n) is 7.63. The lowest BCUT2D eigenvalue weighted by Crippen LogP contribution is -2.44. The molecule has 1 heterocycles. The number of benzene rings is 2. The molecular formula is C24H29ClN2O5. The highest BCUT2D eigenvalue weighted by Gasteiger charge is 2.53. The number of methoxy groups -OCH3 is 2. The van der Waals surface area contributed by atoms with Crippen LogP contribution in [0.4, 0.5) is 5.69 Å². The van der Waals surface area contributed by atoms with Crippen LogP contribution in [0.15, 0.2) is 36.4 Å². The van der Waals surface area contributed by atoms with Gasteiger partial charge in [-0.05, 0) is 30.8 Å². The second kappa shape index (κ2) is 10.0. The first-order chi connectivity index (χ1) is 15.3. The summed E-state index contributed by atoms with van der Waals surface area (Å²) in [6.07, 6.45) is 0. The number of ether oxygens (including phenoxy) is 2. The zero-order valence-corrected chi connectivity index (χ0v) is 19.6. The quantitative estimate of drug-likeness (QED) is 0.579. The summed E-state index contributed by atoms with van der Waals surface area (Å²) in [7, 11) is 2.83. The number of esters is 1. The molecule has 0 aliphatic carbocycles. The van der Waals surface area contributed by atoms with Gasteiger partial charge in [0.2, 0.25) is 0 Å². The lowest BCUT2D eigenvalue weighted by atomic mass is 9.84. The minimum absolute atomic E-state index is 0.122. The van der Waals surface area contributed by atoms with Crippen LogP contribution in [-0.2, 0) is 26.5 Å². The number of carbonyl (C=O) groups excluding carboxylic acids is 2. The molecule has 0 fully saturated rings. The largest absolute Gasteiger partial charge is 0.465 e. The average molecular weight is 461 g/mol. The van der Waals surface area contributed by atoms with Crippen molar-refractivity contribution in [3.8, 4) is 0 Å². The molecule has 0 bridgehead atoms. The standard InChI is InChI=1S/C24H29ClN2O5/c1-5-26(6-2)11-12-27-20-14-17(22(28)32-4)13-19(25)21(20)24(30,23(27)29)18-10-8-7-9-16(18)15-31-3/h7-10,13-14,30H,5-6,11-12,15H2,1-4H3. The number of hydrogen-bond donors (Lipinski definition) is 1. The van der Waals surface area contributed by atoms with Crippen molar-refractivity contribution in [2.75, 3.05) is 45.3 Å². The highest BCUT2D eigenvalue weighted by Crippen LogP contribution is 2.49. The van der Waals surface area contributed by atoms with Gasteiger partial charge in [0.25, 0.3) is 5.91 Å². The van der Waals surface area contributed by atoms with Crippen molar-refractivity contribution in [3.63, 3.8) is 0 Å². The van der Waals surface area contributed by atoms with E-state index >= 15 is 0 Å². The van der Waals surface area contributed by atoms with Crippen molar-refractivity contribution >= 4 is 29.2 Å². The first-order valence-corrected chi connectivity index (χ1v) is 11.0. The van der Waals surface area contributed by atoms with E-state index in [0.717, 1.165) is 13.1 Å². The summed E-state index contributed by atoms with van der Waals surface area (Å²) in [6, 6.07) is 10.1. The molecule has 2 aromatic carbocycles. The number of anilines is 1. The number of amides is 1. The lowest BCUT2D eigenvalue weighted by Gasteiger charge is -2.27. The van der Waals surface area contributed by atoms with Gasteiger partial charge in [-0.1, -0.05) is 49.7 Å². The van der Waals surface area contributed by atoms with Crippen molar-refractivity contribution in [2.24, 2.45) is 0 Å². The van der Waals surface area contributed by atoms with Crippen LogP contribution in [0.2, 0.25) is 5.02 Å². The number of carbonyl (C=O) groups is 2. The summed E-state index contributed by atoms with van der Waals surface area (Å²) >= 11 is 6.60. The van der Waals surface area contributed by atoms with Gasteiger partial charge in [-0.2, -0.15) is 0 Å². The summed E-state index contributed by atoms with van der Waals surface area (Å²) < 4.78 is 10.1. The van der Waals surface area contributed by atoms with Gasteiger partial charge in [-0.3, -0.25) is 4.79 Å². The van der Waals surface area contributed by atoms with Crippen LogP contribution < -0.4 is 4.90 Å². The fourth-order valence-corrected chi connectivity index (χ4v) is 4.57. The van der Waals surface area contributed by atoms with Crippen LogP contribution in [0.1, 0.15) is 40.9 Å². The lowest BCUT2D eigenvalue weighted by molar-refractivity contribution is -0.132. The molecule has 0 saturated heterocycles. The molecule has 0 aromatic heterocycles. The molecule has 8 heteroatoms. The van der Waals surface area contributed by atoms with E-state index in [1.165, 1.54) is 18.1 Å². The third kappa shape index (κ3) is 4.13. The molecule has 172 valence electrons. The highest BCUT2D eigenvalue weighted by atomic mass is 35.5.